The van der Waals surface area contributed by atoms with E-state index >= 15 is 0 Å². The molecule has 6 heteroatoms. The predicted molar refractivity (Wildman–Crippen MR) is 87.2 cm³/mol. The van der Waals surface area contributed by atoms with E-state index in [1.54, 1.807) is 20.8 Å². The molecule has 1 heterocycles. The molecular formula is C17H22N2O4. The molecule has 0 fully saturated rings. The summed E-state index contributed by atoms with van der Waals surface area (Å²) in [6.07, 6.45) is 1.51. The molecule has 2 aromatic rings. The van der Waals surface area contributed by atoms with Crippen LogP contribution in [0.1, 0.15) is 26.3 Å². The van der Waals surface area contributed by atoms with Gasteiger partial charge < -0.3 is 19.8 Å². The summed E-state index contributed by atoms with van der Waals surface area (Å²) in [5, 5.41) is 3.59. The second-order valence-electron chi connectivity index (χ2n) is 6.28. The highest BCUT2D eigenvalue weighted by Gasteiger charge is 2.25. The van der Waals surface area contributed by atoms with E-state index in [0.717, 1.165) is 16.5 Å². The summed E-state index contributed by atoms with van der Waals surface area (Å²) < 4.78 is 10.0. The Kier molecular flexibility index (Phi) is 4.93. The quantitative estimate of drug-likeness (QED) is 0.850. The first-order valence-electron chi connectivity index (χ1n) is 7.42. The number of aromatic nitrogens is 1. The van der Waals surface area contributed by atoms with Crippen LogP contribution in [0.3, 0.4) is 0 Å². The SMILES string of the molecule is COC(=O)C(Cc1cccc2[nH]ccc12)NC(=O)OC(C)(C)C. The first-order valence-corrected chi connectivity index (χ1v) is 7.42. The minimum absolute atomic E-state index is 0.321. The lowest BCUT2D eigenvalue weighted by Gasteiger charge is -2.22. The molecular weight excluding hydrogens is 296 g/mol. The monoisotopic (exact) mass is 318 g/mol. The minimum Gasteiger partial charge on any atom is -0.467 e. The van der Waals surface area contributed by atoms with Crippen molar-refractivity contribution in [1.82, 2.24) is 10.3 Å². The summed E-state index contributed by atoms with van der Waals surface area (Å²) in [7, 11) is 1.29. The molecule has 0 saturated heterocycles. The summed E-state index contributed by atoms with van der Waals surface area (Å²) >= 11 is 0. The number of amides is 1. The molecule has 0 bridgehead atoms. The number of fused-ring (bicyclic) bond motifs is 1. The van der Waals surface area contributed by atoms with Crippen LogP contribution in [0.2, 0.25) is 0 Å². The van der Waals surface area contributed by atoms with Crippen molar-refractivity contribution in [2.75, 3.05) is 7.11 Å². The number of H-pyrrole nitrogens is 1. The average molecular weight is 318 g/mol. The maximum absolute atomic E-state index is 12.0. The van der Waals surface area contributed by atoms with E-state index in [4.69, 9.17) is 9.47 Å². The van der Waals surface area contributed by atoms with Crippen LogP contribution in [0.5, 0.6) is 0 Å². The summed E-state index contributed by atoms with van der Waals surface area (Å²) in [4.78, 5) is 27.1. The van der Waals surface area contributed by atoms with Gasteiger partial charge in [-0.1, -0.05) is 12.1 Å². The van der Waals surface area contributed by atoms with Crippen LogP contribution in [0.4, 0.5) is 4.79 Å². The van der Waals surface area contributed by atoms with E-state index in [1.165, 1.54) is 7.11 Å². The summed E-state index contributed by atoms with van der Waals surface area (Å²) in [6, 6.07) is 6.90. The van der Waals surface area contributed by atoms with Gasteiger partial charge in [-0.2, -0.15) is 0 Å². The van der Waals surface area contributed by atoms with Crippen molar-refractivity contribution in [3.8, 4) is 0 Å². The number of hydrogen-bond donors (Lipinski definition) is 2. The van der Waals surface area contributed by atoms with Gasteiger partial charge in [0.25, 0.3) is 0 Å². The number of aromatic amines is 1. The van der Waals surface area contributed by atoms with E-state index in [9.17, 15) is 9.59 Å². The predicted octanol–water partition coefficient (Wildman–Crippen LogP) is 2.78. The molecule has 2 N–H and O–H groups in total. The van der Waals surface area contributed by atoms with Gasteiger partial charge in [-0.25, -0.2) is 9.59 Å². The number of rotatable bonds is 4. The standard InChI is InChI=1S/C17H22N2O4/c1-17(2,3)23-16(21)19-14(15(20)22-4)10-11-6-5-7-13-12(11)8-9-18-13/h5-9,14,18H,10H2,1-4H3,(H,19,21). The van der Waals surface area contributed by atoms with Crippen molar-refractivity contribution < 1.29 is 19.1 Å². The molecule has 1 aromatic carbocycles. The Bertz CT molecular complexity index is 700. The van der Waals surface area contributed by atoms with Crippen molar-refractivity contribution in [1.29, 1.82) is 0 Å². The van der Waals surface area contributed by atoms with Crippen molar-refractivity contribution in [3.63, 3.8) is 0 Å². The van der Waals surface area contributed by atoms with Crippen LogP contribution in [0.15, 0.2) is 30.5 Å². The molecule has 0 aliphatic heterocycles. The minimum atomic E-state index is -0.810. The lowest BCUT2D eigenvalue weighted by Crippen LogP contribution is -2.45. The Morgan fingerprint density at radius 2 is 2.00 bits per heavy atom. The number of carbonyl (C=O) groups excluding carboxylic acids is 2. The Hall–Kier alpha value is -2.50. The smallest absolute Gasteiger partial charge is 0.408 e. The third-order valence-corrected chi connectivity index (χ3v) is 3.29. The normalized spacial score (nSPS) is 12.7. The summed E-state index contributed by atoms with van der Waals surface area (Å²) in [5.74, 6) is -0.511. The molecule has 2 rings (SSSR count). The van der Waals surface area contributed by atoms with Crippen LogP contribution >= 0.6 is 0 Å². The average Bonchev–Trinajstić information content (AvgIpc) is 2.93. The largest absolute Gasteiger partial charge is 0.467 e. The second-order valence-corrected chi connectivity index (χ2v) is 6.28. The lowest BCUT2D eigenvalue weighted by molar-refractivity contribution is -0.143. The second kappa shape index (κ2) is 6.73. The van der Waals surface area contributed by atoms with Crippen LogP contribution in [0.25, 0.3) is 10.9 Å². The first kappa shape index (κ1) is 16.9. The van der Waals surface area contributed by atoms with Crippen LogP contribution < -0.4 is 5.32 Å². The topological polar surface area (TPSA) is 80.4 Å². The number of hydrogen-bond acceptors (Lipinski definition) is 4. The number of nitrogens with one attached hydrogen (secondary N) is 2. The Morgan fingerprint density at radius 3 is 2.65 bits per heavy atom. The van der Waals surface area contributed by atoms with E-state index in [-0.39, 0.29) is 0 Å². The third-order valence-electron chi connectivity index (χ3n) is 3.29. The van der Waals surface area contributed by atoms with E-state index < -0.39 is 23.7 Å². The maximum Gasteiger partial charge on any atom is 0.408 e. The van der Waals surface area contributed by atoms with Crippen LogP contribution in [-0.4, -0.2) is 35.8 Å². The van der Waals surface area contributed by atoms with E-state index in [1.807, 2.05) is 30.5 Å². The van der Waals surface area contributed by atoms with Crippen molar-refractivity contribution in [2.24, 2.45) is 0 Å². The first-order chi connectivity index (χ1) is 10.8. The molecule has 1 aromatic heterocycles. The van der Waals surface area contributed by atoms with Gasteiger partial charge in [0.1, 0.15) is 11.6 Å². The summed E-state index contributed by atoms with van der Waals surface area (Å²) in [6.45, 7) is 5.29. The molecule has 1 unspecified atom stereocenters. The molecule has 0 aliphatic rings. The van der Waals surface area contributed by atoms with Crippen molar-refractivity contribution in [2.45, 2.75) is 38.8 Å². The highest BCUT2D eigenvalue weighted by atomic mass is 16.6. The van der Waals surface area contributed by atoms with Crippen LogP contribution in [-0.2, 0) is 20.7 Å². The number of esters is 1. The molecule has 6 nitrogen and oxygen atoms in total. The van der Waals surface area contributed by atoms with Gasteiger partial charge in [0.15, 0.2) is 0 Å². The number of benzene rings is 1. The number of ether oxygens (including phenoxy) is 2. The van der Waals surface area contributed by atoms with Crippen LogP contribution in [0, 0.1) is 0 Å². The van der Waals surface area contributed by atoms with Gasteiger partial charge in [-0.15, -0.1) is 0 Å². The molecule has 0 radical (unpaired) electrons. The van der Waals surface area contributed by atoms with Crippen molar-refractivity contribution >= 4 is 23.0 Å². The van der Waals surface area contributed by atoms with Gasteiger partial charge in [0.05, 0.1) is 7.11 Å². The van der Waals surface area contributed by atoms with E-state index in [0.29, 0.717) is 6.42 Å². The highest BCUT2D eigenvalue weighted by molar-refractivity contribution is 5.85. The molecule has 124 valence electrons. The fraction of sp³-hybridized carbons (Fsp3) is 0.412. The zero-order valence-electron chi connectivity index (χ0n) is 13.8. The number of carbonyl (C=O) groups is 2. The maximum atomic E-state index is 12.0. The van der Waals surface area contributed by atoms with E-state index in [2.05, 4.69) is 10.3 Å². The Morgan fingerprint density at radius 1 is 1.26 bits per heavy atom. The Balaban J connectivity index is 2.17. The zero-order valence-corrected chi connectivity index (χ0v) is 13.8. The molecule has 0 saturated carbocycles. The summed E-state index contributed by atoms with van der Waals surface area (Å²) in [5.41, 5.74) is 1.28. The van der Waals surface area contributed by atoms with Gasteiger partial charge in [-0.3, -0.25) is 0 Å². The van der Waals surface area contributed by atoms with Gasteiger partial charge in [0.2, 0.25) is 0 Å². The van der Waals surface area contributed by atoms with Gasteiger partial charge in [-0.05, 0) is 38.5 Å². The molecule has 1 amide bonds. The molecule has 23 heavy (non-hydrogen) atoms. The molecule has 0 aliphatic carbocycles. The fourth-order valence-electron chi connectivity index (χ4n) is 2.33. The Labute approximate surface area is 135 Å². The lowest BCUT2D eigenvalue weighted by atomic mass is 10.0. The van der Waals surface area contributed by atoms with Gasteiger partial charge >= 0.3 is 12.1 Å². The van der Waals surface area contributed by atoms with Crippen molar-refractivity contribution in [3.05, 3.63) is 36.0 Å². The number of methoxy groups -OCH3 is 1. The van der Waals surface area contributed by atoms with Gasteiger partial charge in [0, 0.05) is 23.5 Å². The third kappa shape index (κ3) is 4.48. The zero-order chi connectivity index (χ0) is 17.0. The highest BCUT2D eigenvalue weighted by Crippen LogP contribution is 2.19. The fourth-order valence-corrected chi connectivity index (χ4v) is 2.33. The number of alkyl carbamates (subject to hydrolysis) is 1. The molecule has 1 atom stereocenters. The molecule has 0 spiro atoms.